The summed E-state index contributed by atoms with van der Waals surface area (Å²) < 4.78 is 36.3. The third-order valence-electron chi connectivity index (χ3n) is 2.94. The van der Waals surface area contributed by atoms with Gasteiger partial charge in [0.1, 0.15) is 18.3 Å². The van der Waals surface area contributed by atoms with E-state index < -0.39 is 23.9 Å². The molecule has 3 aliphatic heterocycles. The molecule has 3 aliphatic rings. The van der Waals surface area contributed by atoms with Crippen LogP contribution in [-0.2, 0) is 23.7 Å². The summed E-state index contributed by atoms with van der Waals surface area (Å²) >= 11 is 0. The Morgan fingerprint density at radius 3 is 2.44 bits per heavy atom. The maximum atomic E-state index is 8.17. The average molecular weight is 231 g/mol. The molecule has 0 amide bonds. The van der Waals surface area contributed by atoms with E-state index in [0.29, 0.717) is 6.61 Å². The molecule has 0 bridgehead atoms. The third kappa shape index (κ3) is 1.67. The fraction of sp³-hybridized carbons (Fsp3) is 1.00. The summed E-state index contributed by atoms with van der Waals surface area (Å²) in [5, 5.41) is 0. The van der Waals surface area contributed by atoms with E-state index in [2.05, 4.69) is 0 Å². The van der Waals surface area contributed by atoms with Gasteiger partial charge in [0.25, 0.3) is 0 Å². The van der Waals surface area contributed by atoms with E-state index in [1.54, 1.807) is 13.8 Å². The first kappa shape index (κ1) is 9.79. The first-order chi connectivity index (χ1) is 7.71. The quantitative estimate of drug-likeness (QED) is 0.622. The number of fused-ring (bicyclic) bond motifs is 3. The van der Waals surface area contributed by atoms with Crippen molar-refractivity contribution in [2.75, 3.05) is 6.61 Å². The third-order valence-corrected chi connectivity index (χ3v) is 2.94. The van der Waals surface area contributed by atoms with Crippen molar-refractivity contribution in [3.63, 3.8) is 0 Å². The average Bonchev–Trinajstić information content (AvgIpc) is 2.51. The molecule has 3 heterocycles. The van der Waals surface area contributed by atoms with Gasteiger partial charge in [-0.3, -0.25) is 0 Å². The lowest BCUT2D eigenvalue weighted by molar-refractivity contribution is -0.319. The van der Waals surface area contributed by atoms with Gasteiger partial charge in [0.2, 0.25) is 0 Å². The second-order valence-corrected chi connectivity index (χ2v) is 5.31. The van der Waals surface area contributed by atoms with Crippen LogP contribution in [0.1, 0.15) is 29.1 Å². The normalized spacial score (nSPS) is 54.2. The predicted octanol–water partition coefficient (Wildman–Crippen LogP) is 1.01. The van der Waals surface area contributed by atoms with Crippen LogP contribution in [0.3, 0.4) is 0 Å². The minimum Gasteiger partial charge on any atom is -0.348 e. The molecule has 16 heavy (non-hydrogen) atoms. The molecule has 0 radical (unpaired) electrons. The van der Waals surface area contributed by atoms with E-state index in [0.717, 1.165) is 0 Å². The van der Waals surface area contributed by atoms with Gasteiger partial charge in [-0.15, -0.1) is 0 Å². The van der Waals surface area contributed by atoms with E-state index >= 15 is 0 Å². The van der Waals surface area contributed by atoms with E-state index in [1.807, 2.05) is 13.8 Å². The number of hydrogen-bond donors (Lipinski definition) is 0. The lowest BCUT2D eigenvalue weighted by Gasteiger charge is -2.38. The molecule has 4 atom stereocenters. The zero-order valence-electron chi connectivity index (χ0n) is 11.0. The molecule has 3 fully saturated rings. The predicted molar refractivity (Wildman–Crippen MR) is 53.6 cm³/mol. The minimum atomic E-state index is -1.48. The molecule has 0 aromatic heterocycles. The summed E-state index contributed by atoms with van der Waals surface area (Å²) in [7, 11) is 0. The maximum Gasteiger partial charge on any atom is 0.190 e. The van der Waals surface area contributed by atoms with Gasteiger partial charge in [-0.2, -0.15) is 0 Å². The highest BCUT2D eigenvalue weighted by atomic mass is 16.9. The highest BCUT2D eigenvalue weighted by Crippen LogP contribution is 2.42. The van der Waals surface area contributed by atoms with Crippen LogP contribution in [0.5, 0.6) is 0 Å². The van der Waals surface area contributed by atoms with Crippen molar-refractivity contribution in [3.05, 3.63) is 0 Å². The Morgan fingerprint density at radius 1 is 1.00 bits per heavy atom. The van der Waals surface area contributed by atoms with Crippen molar-refractivity contribution in [3.8, 4) is 0 Å². The first-order valence-electron chi connectivity index (χ1n) is 6.08. The number of rotatable bonds is 0. The Morgan fingerprint density at radius 2 is 1.69 bits per heavy atom. The Kier molecular flexibility index (Phi) is 1.94. The summed E-state index contributed by atoms with van der Waals surface area (Å²) in [6.45, 7) is 7.61. The SMILES string of the molecule is [2H][C@]12O[C@@H]3COC(C)(C)O[C@@H]3[C@H]1OC(C)(C)O2. The molecule has 0 aromatic carbocycles. The zero-order valence-corrected chi connectivity index (χ0v) is 9.98. The van der Waals surface area contributed by atoms with Crippen molar-refractivity contribution in [2.24, 2.45) is 0 Å². The van der Waals surface area contributed by atoms with Crippen molar-refractivity contribution in [2.45, 2.75) is 63.8 Å². The highest BCUT2D eigenvalue weighted by molar-refractivity contribution is 4.96. The standard InChI is InChI=1S/C11H18O5/c1-10(2)12-5-6-7(14-10)8-9(13-6)16-11(3,4)15-8/h6-9H,5H2,1-4H3/t6-,7+,8-,9-/m1/s1/i9D. The van der Waals surface area contributed by atoms with Gasteiger partial charge in [-0.05, 0) is 27.7 Å². The molecule has 5 nitrogen and oxygen atoms in total. The fourth-order valence-corrected chi connectivity index (χ4v) is 2.29. The molecular weight excluding hydrogens is 212 g/mol. The Hall–Kier alpha value is -0.200. The summed E-state index contributed by atoms with van der Waals surface area (Å²) in [6.07, 6.45) is -2.65. The molecule has 0 unspecified atom stereocenters. The van der Waals surface area contributed by atoms with Gasteiger partial charge in [0.05, 0.1) is 7.98 Å². The molecule has 92 valence electrons. The van der Waals surface area contributed by atoms with Crippen LogP contribution in [0.15, 0.2) is 0 Å². The largest absolute Gasteiger partial charge is 0.348 e. The van der Waals surface area contributed by atoms with Gasteiger partial charge in [0.15, 0.2) is 17.8 Å². The van der Waals surface area contributed by atoms with E-state index in [-0.39, 0.29) is 12.2 Å². The molecule has 3 saturated heterocycles. The lowest BCUT2D eigenvalue weighted by atomic mass is 10.1. The Bertz CT molecular complexity index is 345. The fourth-order valence-electron chi connectivity index (χ4n) is 2.29. The Labute approximate surface area is 96.3 Å². The summed E-state index contributed by atoms with van der Waals surface area (Å²) in [5.74, 6) is -1.49. The molecule has 0 spiro atoms. The minimum absolute atomic E-state index is 0.304. The van der Waals surface area contributed by atoms with Gasteiger partial charge in [0, 0.05) is 0 Å². The van der Waals surface area contributed by atoms with E-state index in [9.17, 15) is 0 Å². The summed E-state index contributed by atoms with van der Waals surface area (Å²) in [6, 6.07) is 0. The smallest absolute Gasteiger partial charge is 0.190 e. The number of ether oxygens (including phenoxy) is 5. The van der Waals surface area contributed by atoms with Crippen molar-refractivity contribution in [1.29, 1.82) is 0 Å². The van der Waals surface area contributed by atoms with Crippen molar-refractivity contribution < 1.29 is 25.1 Å². The van der Waals surface area contributed by atoms with Crippen LogP contribution in [0, 0.1) is 0 Å². The first-order valence-corrected chi connectivity index (χ1v) is 5.58. The van der Waals surface area contributed by atoms with Gasteiger partial charge < -0.3 is 23.7 Å². The summed E-state index contributed by atoms with van der Waals surface area (Å²) in [5.41, 5.74) is 0. The summed E-state index contributed by atoms with van der Waals surface area (Å²) in [4.78, 5) is 0. The van der Waals surface area contributed by atoms with Crippen LogP contribution >= 0.6 is 0 Å². The van der Waals surface area contributed by atoms with Crippen LogP contribution in [0.2, 0.25) is 0 Å². The van der Waals surface area contributed by atoms with Crippen LogP contribution in [0.4, 0.5) is 0 Å². The topological polar surface area (TPSA) is 46.2 Å². The van der Waals surface area contributed by atoms with Gasteiger partial charge >= 0.3 is 0 Å². The molecule has 0 aromatic rings. The van der Waals surface area contributed by atoms with E-state index in [1.165, 1.54) is 0 Å². The molecule has 3 rings (SSSR count). The van der Waals surface area contributed by atoms with Crippen molar-refractivity contribution >= 4 is 0 Å². The molecule has 0 saturated carbocycles. The van der Waals surface area contributed by atoms with E-state index in [4.69, 9.17) is 25.1 Å². The Balaban J connectivity index is 1.86. The van der Waals surface area contributed by atoms with Gasteiger partial charge in [-0.1, -0.05) is 0 Å². The molecule has 5 heteroatoms. The van der Waals surface area contributed by atoms with Crippen LogP contribution in [0.25, 0.3) is 0 Å². The number of hydrogen-bond acceptors (Lipinski definition) is 5. The van der Waals surface area contributed by atoms with Crippen molar-refractivity contribution in [1.82, 2.24) is 0 Å². The molecule has 0 aliphatic carbocycles. The highest BCUT2D eigenvalue weighted by Gasteiger charge is 2.58. The van der Waals surface area contributed by atoms with Crippen LogP contribution < -0.4 is 0 Å². The molecule has 0 N–H and O–H groups in total. The monoisotopic (exact) mass is 231 g/mol. The second-order valence-electron chi connectivity index (χ2n) is 5.31. The molecular formula is C11H18O5. The van der Waals surface area contributed by atoms with Crippen LogP contribution in [-0.4, -0.2) is 42.8 Å². The lowest BCUT2D eigenvalue weighted by Crippen LogP contribution is -2.50. The second kappa shape index (κ2) is 3.17. The maximum absolute atomic E-state index is 8.17. The zero-order chi connectivity index (χ0) is 12.5. The van der Waals surface area contributed by atoms with Gasteiger partial charge in [-0.25, -0.2) is 0 Å².